The summed E-state index contributed by atoms with van der Waals surface area (Å²) in [5.41, 5.74) is 1.89. The number of hydrogen-bond donors (Lipinski definition) is 6. The van der Waals surface area contributed by atoms with Crippen LogP contribution in [0.5, 0.6) is 0 Å². The Bertz CT molecular complexity index is 220. The van der Waals surface area contributed by atoms with Crippen LogP contribution in [0.2, 0.25) is 0 Å². The summed E-state index contributed by atoms with van der Waals surface area (Å²) in [6, 6.07) is -0.200. The number of aliphatic hydroxyl groups excluding tert-OH is 3. The predicted molar refractivity (Wildman–Crippen MR) is 67.0 cm³/mol. The lowest BCUT2D eigenvalue weighted by atomic mass is 9.82. The molecule has 0 saturated heterocycles. The van der Waals surface area contributed by atoms with Crippen LogP contribution in [0.25, 0.3) is 0 Å². The van der Waals surface area contributed by atoms with Crippen molar-refractivity contribution in [2.45, 2.75) is 63.5 Å². The second kappa shape index (κ2) is 8.04. The van der Waals surface area contributed by atoms with E-state index in [9.17, 15) is 15.3 Å². The molecule has 1 fully saturated rings. The molecule has 1 aliphatic carbocycles. The van der Waals surface area contributed by atoms with Crippen LogP contribution in [0.3, 0.4) is 0 Å². The number of hydroxylamine groups is 1. The minimum atomic E-state index is -0.885. The van der Waals surface area contributed by atoms with E-state index in [1.807, 2.05) is 5.48 Å². The van der Waals surface area contributed by atoms with E-state index >= 15 is 0 Å². The third-order valence-corrected chi connectivity index (χ3v) is 3.68. The minimum absolute atomic E-state index is 0.0204. The van der Waals surface area contributed by atoms with Gasteiger partial charge >= 0.3 is 0 Å². The molecule has 0 spiro atoms. The van der Waals surface area contributed by atoms with Gasteiger partial charge in [0, 0.05) is 6.04 Å². The third kappa shape index (κ3) is 5.60. The molecule has 0 radical (unpaired) electrons. The van der Waals surface area contributed by atoms with Gasteiger partial charge in [-0.05, 0) is 44.9 Å². The van der Waals surface area contributed by atoms with Crippen molar-refractivity contribution >= 4 is 0 Å². The molecule has 0 aliphatic heterocycles. The summed E-state index contributed by atoms with van der Waals surface area (Å²) in [5, 5.41) is 40.1. The summed E-state index contributed by atoms with van der Waals surface area (Å²) in [6.07, 6.45) is 2.70. The minimum Gasteiger partial charge on any atom is -0.393 e. The summed E-state index contributed by atoms with van der Waals surface area (Å²) in [4.78, 5) is 0. The monoisotopic (exact) mass is 262 g/mol. The molecule has 0 bridgehead atoms. The van der Waals surface area contributed by atoms with Crippen molar-refractivity contribution in [3.05, 3.63) is 0 Å². The summed E-state index contributed by atoms with van der Waals surface area (Å²) < 4.78 is 0. The number of hydrogen-bond acceptors (Lipinski definition) is 6. The normalized spacial score (nSPS) is 29.8. The first kappa shape index (κ1) is 15.8. The molecule has 0 aromatic rings. The molecular formula is C12H26N2O4. The van der Waals surface area contributed by atoms with Crippen molar-refractivity contribution in [3.63, 3.8) is 0 Å². The lowest BCUT2D eigenvalue weighted by Gasteiger charge is -2.31. The Kier molecular flexibility index (Phi) is 7.06. The largest absolute Gasteiger partial charge is 0.393 e. The van der Waals surface area contributed by atoms with Gasteiger partial charge in [-0.15, -0.1) is 0 Å². The highest BCUT2D eigenvalue weighted by Crippen LogP contribution is 2.28. The Hall–Kier alpha value is -0.240. The van der Waals surface area contributed by atoms with Crippen LogP contribution in [0.15, 0.2) is 0 Å². The van der Waals surface area contributed by atoms with Gasteiger partial charge in [-0.2, -0.15) is 0 Å². The molecule has 108 valence electrons. The smallest absolute Gasteiger partial charge is 0.120 e. The van der Waals surface area contributed by atoms with Crippen LogP contribution < -0.4 is 10.8 Å². The van der Waals surface area contributed by atoms with Crippen molar-refractivity contribution < 1.29 is 20.5 Å². The maximum atomic E-state index is 9.71. The maximum absolute atomic E-state index is 9.71. The molecule has 1 saturated carbocycles. The molecule has 3 atom stereocenters. The van der Waals surface area contributed by atoms with Gasteiger partial charge in [0.2, 0.25) is 0 Å². The molecule has 0 aromatic heterocycles. The predicted octanol–water partition coefficient (Wildman–Crippen LogP) is -0.436. The highest BCUT2D eigenvalue weighted by Gasteiger charge is 2.25. The lowest BCUT2D eigenvalue weighted by Crippen LogP contribution is -2.49. The second-order valence-electron chi connectivity index (χ2n) is 5.30. The highest BCUT2D eigenvalue weighted by molar-refractivity contribution is 4.81. The highest BCUT2D eigenvalue weighted by atomic mass is 16.5. The Morgan fingerprint density at radius 3 is 2.28 bits per heavy atom. The number of nitrogens with one attached hydrogen (secondary N) is 2. The van der Waals surface area contributed by atoms with Crippen LogP contribution in [0.1, 0.15) is 39.0 Å². The van der Waals surface area contributed by atoms with Gasteiger partial charge in [0.05, 0.1) is 18.8 Å². The lowest BCUT2D eigenvalue weighted by molar-refractivity contribution is 0.0312. The van der Waals surface area contributed by atoms with E-state index in [-0.39, 0.29) is 18.7 Å². The van der Waals surface area contributed by atoms with E-state index in [0.29, 0.717) is 5.92 Å². The van der Waals surface area contributed by atoms with Gasteiger partial charge < -0.3 is 20.5 Å². The van der Waals surface area contributed by atoms with Crippen LogP contribution in [-0.4, -0.2) is 51.5 Å². The van der Waals surface area contributed by atoms with Gasteiger partial charge in [0.25, 0.3) is 0 Å². The fraction of sp³-hybridized carbons (Fsp3) is 1.00. The Morgan fingerprint density at radius 1 is 1.17 bits per heavy atom. The maximum Gasteiger partial charge on any atom is 0.120 e. The topological polar surface area (TPSA) is 105 Å². The van der Waals surface area contributed by atoms with Crippen molar-refractivity contribution in [1.82, 2.24) is 10.8 Å². The van der Waals surface area contributed by atoms with Gasteiger partial charge in [-0.25, -0.2) is 5.48 Å². The summed E-state index contributed by atoms with van der Waals surface area (Å²) in [7, 11) is 0. The van der Waals surface area contributed by atoms with Gasteiger partial charge in [-0.3, -0.25) is 5.32 Å². The fourth-order valence-electron chi connectivity index (χ4n) is 2.54. The molecule has 0 aromatic carbocycles. The second-order valence-corrected chi connectivity index (χ2v) is 5.30. The number of rotatable bonds is 7. The molecule has 0 amide bonds. The zero-order valence-corrected chi connectivity index (χ0v) is 10.9. The Morgan fingerprint density at radius 2 is 1.78 bits per heavy atom. The van der Waals surface area contributed by atoms with E-state index in [4.69, 9.17) is 5.21 Å². The van der Waals surface area contributed by atoms with E-state index in [1.165, 1.54) is 0 Å². The fourth-order valence-corrected chi connectivity index (χ4v) is 2.54. The molecule has 6 nitrogen and oxygen atoms in total. The van der Waals surface area contributed by atoms with Crippen LogP contribution in [0, 0.1) is 5.92 Å². The number of aliphatic hydroxyl groups is 3. The van der Waals surface area contributed by atoms with E-state index in [0.717, 1.165) is 32.1 Å². The van der Waals surface area contributed by atoms with Crippen molar-refractivity contribution in [1.29, 1.82) is 0 Å². The van der Waals surface area contributed by atoms with Gasteiger partial charge in [0.1, 0.15) is 6.23 Å². The summed E-state index contributed by atoms with van der Waals surface area (Å²) >= 11 is 0. The van der Waals surface area contributed by atoms with Crippen LogP contribution >= 0.6 is 0 Å². The summed E-state index contributed by atoms with van der Waals surface area (Å²) in [5.74, 6) is 0.467. The molecule has 1 rings (SSSR count). The first-order valence-corrected chi connectivity index (χ1v) is 6.70. The van der Waals surface area contributed by atoms with E-state index in [1.54, 1.807) is 6.92 Å². The molecule has 0 heterocycles. The van der Waals surface area contributed by atoms with E-state index in [2.05, 4.69) is 5.32 Å². The SMILES string of the molecule is CC(O)[C@H](CC1CCC(O)CC1)NC(O)CNO. The quantitative estimate of drug-likeness (QED) is 0.275. The molecule has 6 N–H and O–H groups in total. The first-order chi connectivity index (χ1) is 8.52. The third-order valence-electron chi connectivity index (χ3n) is 3.68. The van der Waals surface area contributed by atoms with Gasteiger partial charge in [-0.1, -0.05) is 0 Å². The van der Waals surface area contributed by atoms with Crippen molar-refractivity contribution in [2.75, 3.05) is 6.54 Å². The van der Waals surface area contributed by atoms with Crippen molar-refractivity contribution in [2.24, 2.45) is 5.92 Å². The molecular weight excluding hydrogens is 236 g/mol. The first-order valence-electron chi connectivity index (χ1n) is 6.70. The molecule has 6 heteroatoms. The summed E-state index contributed by atoms with van der Waals surface area (Å²) in [6.45, 7) is 1.71. The average Bonchev–Trinajstić information content (AvgIpc) is 2.31. The molecule has 1 aliphatic rings. The Balaban J connectivity index is 2.37. The zero-order chi connectivity index (χ0) is 13.5. The average molecular weight is 262 g/mol. The Labute approximate surface area is 108 Å². The van der Waals surface area contributed by atoms with Crippen LogP contribution in [-0.2, 0) is 0 Å². The van der Waals surface area contributed by atoms with Gasteiger partial charge in [0.15, 0.2) is 0 Å². The van der Waals surface area contributed by atoms with E-state index < -0.39 is 12.3 Å². The molecule has 18 heavy (non-hydrogen) atoms. The van der Waals surface area contributed by atoms with Crippen LogP contribution in [0.4, 0.5) is 0 Å². The molecule has 2 unspecified atom stereocenters. The standard InChI is InChI=1S/C12H26N2O4/c1-8(15)11(14-12(17)7-13-18)6-9-2-4-10(16)5-3-9/h8-18H,2-7H2,1H3/t8?,9?,10?,11-,12?/m0/s1. The zero-order valence-electron chi connectivity index (χ0n) is 10.9. The van der Waals surface area contributed by atoms with Crippen molar-refractivity contribution in [3.8, 4) is 0 Å².